The van der Waals surface area contributed by atoms with Gasteiger partial charge in [-0.15, -0.1) is 0 Å². The third-order valence-electron chi connectivity index (χ3n) is 3.37. The van der Waals surface area contributed by atoms with Gasteiger partial charge in [0.05, 0.1) is 7.11 Å². The summed E-state index contributed by atoms with van der Waals surface area (Å²) in [5, 5.41) is 10.7. The minimum absolute atomic E-state index is 0.319. The van der Waals surface area contributed by atoms with Gasteiger partial charge in [-0.1, -0.05) is 24.3 Å². The van der Waals surface area contributed by atoms with Crippen LogP contribution in [0.1, 0.15) is 23.6 Å². The fourth-order valence-corrected chi connectivity index (χ4v) is 1.99. The average Bonchev–Trinajstić information content (AvgIpc) is 2.41. The minimum Gasteiger partial charge on any atom is -0.497 e. The Morgan fingerprint density at radius 3 is 2.42 bits per heavy atom. The molecule has 0 aliphatic rings. The smallest absolute Gasteiger partial charge is 0.126 e. The number of ether oxygens (including phenoxy) is 1. The van der Waals surface area contributed by atoms with Crippen molar-refractivity contribution in [2.45, 2.75) is 19.4 Å². The number of halogens is 1. The molecule has 0 heterocycles. The first-order valence-corrected chi connectivity index (χ1v) is 6.08. The average molecular weight is 260 g/mol. The van der Waals surface area contributed by atoms with Gasteiger partial charge in [-0.3, -0.25) is 0 Å². The van der Waals surface area contributed by atoms with Crippen molar-refractivity contribution < 1.29 is 14.2 Å². The molecule has 19 heavy (non-hydrogen) atoms. The molecule has 0 aliphatic heterocycles. The van der Waals surface area contributed by atoms with Gasteiger partial charge in [0.2, 0.25) is 0 Å². The molecule has 3 heteroatoms. The first-order chi connectivity index (χ1) is 8.95. The van der Waals surface area contributed by atoms with Crippen LogP contribution in [0.3, 0.4) is 0 Å². The Morgan fingerprint density at radius 2 is 1.79 bits per heavy atom. The Bertz CT molecular complexity index is 591. The molecule has 0 bridgehead atoms. The van der Waals surface area contributed by atoms with Gasteiger partial charge in [0.25, 0.3) is 0 Å². The maximum absolute atomic E-state index is 13.6. The lowest BCUT2D eigenvalue weighted by Gasteiger charge is -2.25. The number of aryl methyl sites for hydroxylation is 1. The maximum atomic E-state index is 13.6. The van der Waals surface area contributed by atoms with Gasteiger partial charge in [-0.25, -0.2) is 4.39 Å². The van der Waals surface area contributed by atoms with Crippen molar-refractivity contribution in [1.29, 1.82) is 0 Å². The molecule has 2 aromatic rings. The van der Waals surface area contributed by atoms with Crippen molar-refractivity contribution in [2.24, 2.45) is 0 Å². The van der Waals surface area contributed by atoms with Crippen molar-refractivity contribution in [1.82, 2.24) is 0 Å². The van der Waals surface area contributed by atoms with Gasteiger partial charge in [-0.2, -0.15) is 0 Å². The molecule has 0 spiro atoms. The van der Waals surface area contributed by atoms with Crippen LogP contribution in [0, 0.1) is 12.7 Å². The molecule has 0 radical (unpaired) electrons. The summed E-state index contributed by atoms with van der Waals surface area (Å²) in [7, 11) is 1.57. The standard InChI is InChI=1S/C16H17FO2/c1-11-7-8-13(10-15(11)17)16(2,18)12-5-4-6-14(9-12)19-3/h4-10,18H,1-3H3. The summed E-state index contributed by atoms with van der Waals surface area (Å²) in [6, 6.07) is 11.9. The van der Waals surface area contributed by atoms with E-state index in [1.165, 1.54) is 6.07 Å². The van der Waals surface area contributed by atoms with Gasteiger partial charge in [0.1, 0.15) is 17.2 Å². The number of aliphatic hydroxyl groups is 1. The van der Waals surface area contributed by atoms with Gasteiger partial charge in [0, 0.05) is 0 Å². The van der Waals surface area contributed by atoms with Crippen LogP contribution in [0.5, 0.6) is 5.75 Å². The van der Waals surface area contributed by atoms with Crippen LogP contribution >= 0.6 is 0 Å². The third-order valence-corrected chi connectivity index (χ3v) is 3.37. The first-order valence-electron chi connectivity index (χ1n) is 6.08. The molecule has 1 N–H and O–H groups in total. The van der Waals surface area contributed by atoms with E-state index in [4.69, 9.17) is 4.74 Å². The predicted octanol–water partition coefficient (Wildman–Crippen LogP) is 3.40. The van der Waals surface area contributed by atoms with E-state index in [9.17, 15) is 9.50 Å². The van der Waals surface area contributed by atoms with Gasteiger partial charge >= 0.3 is 0 Å². The minimum atomic E-state index is -1.26. The monoisotopic (exact) mass is 260 g/mol. The number of methoxy groups -OCH3 is 1. The lowest BCUT2D eigenvalue weighted by atomic mass is 9.87. The summed E-state index contributed by atoms with van der Waals surface area (Å²) in [4.78, 5) is 0. The molecule has 0 saturated carbocycles. The van der Waals surface area contributed by atoms with E-state index in [1.54, 1.807) is 57.4 Å². The number of hydrogen-bond acceptors (Lipinski definition) is 2. The molecule has 2 aromatic carbocycles. The summed E-state index contributed by atoms with van der Waals surface area (Å²) in [6.45, 7) is 3.34. The Kier molecular flexibility index (Phi) is 3.58. The van der Waals surface area contributed by atoms with Crippen LogP contribution in [0.2, 0.25) is 0 Å². The van der Waals surface area contributed by atoms with Crippen LogP contribution in [-0.2, 0) is 5.60 Å². The van der Waals surface area contributed by atoms with Crippen molar-refractivity contribution in [3.05, 3.63) is 65.0 Å². The normalized spacial score (nSPS) is 13.9. The second kappa shape index (κ2) is 5.02. The Labute approximate surface area is 112 Å². The molecular weight excluding hydrogens is 243 g/mol. The summed E-state index contributed by atoms with van der Waals surface area (Å²) < 4.78 is 18.8. The van der Waals surface area contributed by atoms with Crippen molar-refractivity contribution in [3.63, 3.8) is 0 Å². The molecule has 1 unspecified atom stereocenters. The van der Waals surface area contributed by atoms with Crippen LogP contribution in [0.4, 0.5) is 4.39 Å². The highest BCUT2D eigenvalue weighted by molar-refractivity contribution is 5.40. The lowest BCUT2D eigenvalue weighted by molar-refractivity contribution is 0.102. The third kappa shape index (κ3) is 2.61. The molecule has 2 nitrogen and oxygen atoms in total. The van der Waals surface area contributed by atoms with Crippen molar-refractivity contribution >= 4 is 0 Å². The zero-order valence-corrected chi connectivity index (χ0v) is 11.3. The Hall–Kier alpha value is -1.87. The van der Waals surface area contributed by atoms with Gasteiger partial charge < -0.3 is 9.84 Å². The molecular formula is C16H17FO2. The van der Waals surface area contributed by atoms with E-state index in [1.807, 2.05) is 0 Å². The van der Waals surface area contributed by atoms with E-state index in [0.29, 0.717) is 22.4 Å². The van der Waals surface area contributed by atoms with Crippen molar-refractivity contribution in [3.8, 4) is 5.75 Å². The first kappa shape index (κ1) is 13.6. The van der Waals surface area contributed by atoms with E-state index in [2.05, 4.69) is 0 Å². The second-order valence-electron chi connectivity index (χ2n) is 4.77. The van der Waals surface area contributed by atoms with E-state index < -0.39 is 5.60 Å². The molecule has 1 atom stereocenters. The summed E-state index contributed by atoms with van der Waals surface area (Å²) >= 11 is 0. The topological polar surface area (TPSA) is 29.5 Å². The predicted molar refractivity (Wildman–Crippen MR) is 72.8 cm³/mol. The Balaban J connectivity index is 2.47. The lowest BCUT2D eigenvalue weighted by Crippen LogP contribution is -2.23. The summed E-state index contributed by atoms with van der Waals surface area (Å²) in [6.07, 6.45) is 0. The van der Waals surface area contributed by atoms with E-state index in [0.717, 1.165) is 0 Å². The van der Waals surface area contributed by atoms with Gasteiger partial charge in [-0.05, 0) is 48.7 Å². The highest BCUT2D eigenvalue weighted by Crippen LogP contribution is 2.31. The SMILES string of the molecule is COc1cccc(C(C)(O)c2ccc(C)c(F)c2)c1. The fourth-order valence-electron chi connectivity index (χ4n) is 1.99. The molecule has 0 aliphatic carbocycles. The van der Waals surface area contributed by atoms with Crippen LogP contribution in [-0.4, -0.2) is 12.2 Å². The van der Waals surface area contributed by atoms with E-state index in [-0.39, 0.29) is 5.82 Å². The van der Waals surface area contributed by atoms with Crippen LogP contribution in [0.25, 0.3) is 0 Å². The van der Waals surface area contributed by atoms with E-state index >= 15 is 0 Å². The number of benzene rings is 2. The fraction of sp³-hybridized carbons (Fsp3) is 0.250. The second-order valence-corrected chi connectivity index (χ2v) is 4.77. The maximum Gasteiger partial charge on any atom is 0.126 e. The molecule has 0 amide bonds. The molecule has 0 fully saturated rings. The van der Waals surface area contributed by atoms with Gasteiger partial charge in [0.15, 0.2) is 0 Å². The zero-order chi connectivity index (χ0) is 14.0. The number of hydrogen-bond donors (Lipinski definition) is 1. The Morgan fingerprint density at radius 1 is 1.11 bits per heavy atom. The summed E-state index contributed by atoms with van der Waals surface area (Å²) in [5.41, 5.74) is 0.479. The number of rotatable bonds is 3. The molecule has 0 aromatic heterocycles. The molecule has 100 valence electrons. The van der Waals surface area contributed by atoms with Crippen molar-refractivity contribution in [2.75, 3.05) is 7.11 Å². The van der Waals surface area contributed by atoms with Crippen LogP contribution in [0.15, 0.2) is 42.5 Å². The highest BCUT2D eigenvalue weighted by Gasteiger charge is 2.26. The molecule has 2 rings (SSSR count). The zero-order valence-electron chi connectivity index (χ0n) is 11.3. The van der Waals surface area contributed by atoms with Crippen LogP contribution < -0.4 is 4.74 Å². The molecule has 0 saturated heterocycles. The quantitative estimate of drug-likeness (QED) is 0.916. The highest BCUT2D eigenvalue weighted by atomic mass is 19.1. The summed E-state index contributed by atoms with van der Waals surface area (Å²) in [5.74, 6) is 0.339. The largest absolute Gasteiger partial charge is 0.497 e.